The molecule has 208 valence electrons. The van der Waals surface area contributed by atoms with Crippen LogP contribution >= 0.6 is 0 Å². The largest absolute Gasteiger partial charge is 0.326 e. The summed E-state index contributed by atoms with van der Waals surface area (Å²) in [6.07, 6.45) is 5.60. The van der Waals surface area contributed by atoms with Crippen LogP contribution in [0.4, 0.5) is 22.7 Å². The van der Waals surface area contributed by atoms with Gasteiger partial charge in [0.05, 0.1) is 5.92 Å². The number of carbonyl (C=O) groups is 4. The summed E-state index contributed by atoms with van der Waals surface area (Å²) in [7, 11) is 0. The Bertz CT molecular complexity index is 1650. The van der Waals surface area contributed by atoms with E-state index >= 15 is 0 Å². The van der Waals surface area contributed by atoms with Crippen molar-refractivity contribution < 1.29 is 19.2 Å². The second-order valence-electron chi connectivity index (χ2n) is 9.60. The smallest absolute Gasteiger partial charge is 0.255 e. The summed E-state index contributed by atoms with van der Waals surface area (Å²) in [5.41, 5.74) is 3.81. The van der Waals surface area contributed by atoms with Gasteiger partial charge in [0.15, 0.2) is 0 Å². The molecule has 5 rings (SSSR count). The van der Waals surface area contributed by atoms with Crippen LogP contribution in [0.3, 0.4) is 0 Å². The van der Waals surface area contributed by atoms with E-state index in [-0.39, 0.29) is 23.6 Å². The number of anilines is 4. The van der Waals surface area contributed by atoms with Gasteiger partial charge in [0, 0.05) is 39.4 Å². The molecular formula is C34H28N4O4. The van der Waals surface area contributed by atoms with Gasteiger partial charge in [-0.25, -0.2) is 0 Å². The lowest BCUT2D eigenvalue weighted by Crippen LogP contribution is -2.24. The average molecular weight is 557 g/mol. The first-order chi connectivity index (χ1) is 20.4. The van der Waals surface area contributed by atoms with Crippen molar-refractivity contribution in [3.8, 4) is 0 Å². The zero-order valence-electron chi connectivity index (χ0n) is 22.5. The fraction of sp³-hybridized carbons (Fsp3) is 0.0588. The molecule has 4 N–H and O–H groups in total. The van der Waals surface area contributed by atoms with Crippen molar-refractivity contribution in [1.82, 2.24) is 0 Å². The first-order valence-corrected chi connectivity index (χ1v) is 13.4. The molecule has 4 aromatic carbocycles. The Morgan fingerprint density at radius 1 is 0.500 bits per heavy atom. The Hall–Kier alpha value is -5.76. The Morgan fingerprint density at radius 2 is 0.905 bits per heavy atom. The molecule has 0 bridgehead atoms. The Balaban J connectivity index is 1.14. The number of hydrogen-bond acceptors (Lipinski definition) is 4. The van der Waals surface area contributed by atoms with Gasteiger partial charge in [0.1, 0.15) is 0 Å². The molecule has 0 saturated heterocycles. The van der Waals surface area contributed by atoms with Crippen molar-refractivity contribution in [2.24, 2.45) is 5.92 Å². The minimum Gasteiger partial charge on any atom is -0.326 e. The van der Waals surface area contributed by atoms with Crippen LogP contribution in [0.5, 0.6) is 0 Å². The van der Waals surface area contributed by atoms with Crippen molar-refractivity contribution in [1.29, 1.82) is 0 Å². The summed E-state index contributed by atoms with van der Waals surface area (Å²) in [4.78, 5) is 50.5. The fourth-order valence-electron chi connectivity index (χ4n) is 4.31. The minimum atomic E-state index is -0.524. The van der Waals surface area contributed by atoms with Gasteiger partial charge in [0.25, 0.3) is 17.7 Å². The summed E-state index contributed by atoms with van der Waals surface area (Å²) >= 11 is 0. The maximum absolute atomic E-state index is 12.9. The molecule has 8 heteroatoms. The highest BCUT2D eigenvalue weighted by Gasteiger charge is 2.21. The molecule has 0 fully saturated rings. The molecule has 8 nitrogen and oxygen atoms in total. The minimum absolute atomic E-state index is 0.219. The number of carbonyl (C=O) groups excluding carboxylic acids is 4. The monoisotopic (exact) mass is 556 g/mol. The van der Waals surface area contributed by atoms with Crippen LogP contribution in [-0.4, -0.2) is 23.6 Å². The second kappa shape index (κ2) is 13.1. The van der Waals surface area contributed by atoms with E-state index in [9.17, 15) is 19.2 Å². The highest BCUT2D eigenvalue weighted by Crippen LogP contribution is 2.22. The highest BCUT2D eigenvalue weighted by molar-refractivity contribution is 6.08. The molecule has 1 unspecified atom stereocenters. The van der Waals surface area contributed by atoms with Crippen molar-refractivity contribution in [3.05, 3.63) is 144 Å². The number of rotatable bonds is 8. The molecule has 0 aliphatic heterocycles. The summed E-state index contributed by atoms with van der Waals surface area (Å²) in [5.74, 6) is -1.56. The van der Waals surface area contributed by atoms with E-state index in [1.165, 1.54) is 0 Å². The van der Waals surface area contributed by atoms with Gasteiger partial charge in [0.2, 0.25) is 5.91 Å². The zero-order valence-corrected chi connectivity index (χ0v) is 22.5. The van der Waals surface area contributed by atoms with E-state index in [2.05, 4.69) is 21.3 Å². The Labute approximate surface area is 243 Å². The maximum Gasteiger partial charge on any atom is 0.255 e. The number of allylic oxidation sites excluding steroid dienone is 1. The van der Waals surface area contributed by atoms with Crippen LogP contribution in [0.15, 0.2) is 133 Å². The van der Waals surface area contributed by atoms with Crippen LogP contribution in [-0.2, 0) is 9.59 Å². The number of hydrogen-bond donors (Lipinski definition) is 4. The second-order valence-corrected chi connectivity index (χ2v) is 9.60. The molecule has 0 spiro atoms. The Morgan fingerprint density at radius 3 is 1.36 bits per heavy atom. The summed E-state index contributed by atoms with van der Waals surface area (Å²) in [6, 6.07) is 31.4. The van der Waals surface area contributed by atoms with Gasteiger partial charge in [-0.05, 0) is 79.2 Å². The van der Waals surface area contributed by atoms with Crippen LogP contribution in [0.2, 0.25) is 0 Å². The van der Waals surface area contributed by atoms with Gasteiger partial charge in [-0.3, -0.25) is 19.2 Å². The lowest BCUT2D eigenvalue weighted by molar-refractivity contribution is -0.118. The van der Waals surface area contributed by atoms with Crippen LogP contribution < -0.4 is 21.3 Å². The lowest BCUT2D eigenvalue weighted by Gasteiger charge is -2.17. The average Bonchev–Trinajstić information content (AvgIpc) is 3.03. The third-order valence-corrected chi connectivity index (χ3v) is 6.55. The fourth-order valence-corrected chi connectivity index (χ4v) is 4.31. The maximum atomic E-state index is 12.9. The summed E-state index contributed by atoms with van der Waals surface area (Å²) < 4.78 is 0. The first kappa shape index (κ1) is 27.8. The molecule has 0 radical (unpaired) electrons. The standard InChI is InChI=1S/C34H28N4O4/c39-31(23-8-3-1-4-9-23)35-27-14-18-29(19-15-27)37-33(41)25-12-7-13-26(22-25)34(42)38-30-20-16-28(17-21-30)36-32(40)24-10-5-2-6-11-24/h1-12,14-22,26H,13H2,(H,35,39)(H,36,40)(H,37,41)(H,38,42). The van der Waals surface area contributed by atoms with Gasteiger partial charge < -0.3 is 21.3 Å². The van der Waals surface area contributed by atoms with Crippen molar-refractivity contribution in [2.75, 3.05) is 21.3 Å². The van der Waals surface area contributed by atoms with Gasteiger partial charge >= 0.3 is 0 Å². The first-order valence-electron chi connectivity index (χ1n) is 13.4. The van der Waals surface area contributed by atoms with Gasteiger partial charge in [-0.1, -0.05) is 54.6 Å². The molecule has 1 aliphatic carbocycles. The quantitative estimate of drug-likeness (QED) is 0.205. The van der Waals surface area contributed by atoms with Crippen molar-refractivity contribution in [3.63, 3.8) is 0 Å². The molecule has 4 amide bonds. The number of amides is 4. The molecule has 42 heavy (non-hydrogen) atoms. The van der Waals surface area contributed by atoms with E-state index in [0.29, 0.717) is 45.9 Å². The molecule has 0 saturated carbocycles. The third kappa shape index (κ3) is 7.25. The Kier molecular flexibility index (Phi) is 8.64. The van der Waals surface area contributed by atoms with Crippen LogP contribution in [0, 0.1) is 5.92 Å². The molecular weight excluding hydrogens is 528 g/mol. The summed E-state index contributed by atoms with van der Waals surface area (Å²) in [5, 5.41) is 11.3. The molecule has 1 aliphatic rings. The topological polar surface area (TPSA) is 116 Å². The van der Waals surface area contributed by atoms with E-state index < -0.39 is 5.92 Å². The normalized spacial score (nSPS) is 13.8. The van der Waals surface area contributed by atoms with Crippen LogP contribution in [0.1, 0.15) is 27.1 Å². The predicted molar refractivity (Wildman–Crippen MR) is 164 cm³/mol. The zero-order chi connectivity index (χ0) is 29.3. The van der Waals surface area contributed by atoms with Gasteiger partial charge in [-0.15, -0.1) is 0 Å². The SMILES string of the molecule is O=C(Nc1ccc(NC(=O)c2ccccc2)cc1)C1=CC(C(=O)Nc2ccc(NC(=O)c3ccccc3)cc2)CC=C1. The molecule has 0 heterocycles. The van der Waals surface area contributed by atoms with E-state index in [1.54, 1.807) is 115 Å². The van der Waals surface area contributed by atoms with Crippen molar-refractivity contribution >= 4 is 46.4 Å². The van der Waals surface area contributed by atoms with Crippen LogP contribution in [0.25, 0.3) is 0 Å². The van der Waals surface area contributed by atoms with Crippen molar-refractivity contribution in [2.45, 2.75) is 6.42 Å². The third-order valence-electron chi connectivity index (χ3n) is 6.55. The van der Waals surface area contributed by atoms with E-state index in [4.69, 9.17) is 0 Å². The highest BCUT2D eigenvalue weighted by atomic mass is 16.2. The van der Waals surface area contributed by atoms with Gasteiger partial charge in [-0.2, -0.15) is 0 Å². The molecule has 4 aromatic rings. The molecule has 1 atom stereocenters. The predicted octanol–water partition coefficient (Wildman–Crippen LogP) is 6.27. The van der Waals surface area contributed by atoms with E-state index in [1.807, 2.05) is 12.1 Å². The van der Waals surface area contributed by atoms with E-state index in [0.717, 1.165) is 0 Å². The number of nitrogens with one attached hydrogen (secondary N) is 4. The summed E-state index contributed by atoms with van der Waals surface area (Å²) in [6.45, 7) is 0. The number of benzene rings is 4. The molecule has 0 aromatic heterocycles. The lowest BCUT2D eigenvalue weighted by atomic mass is 9.94.